The van der Waals surface area contributed by atoms with Crippen molar-refractivity contribution in [1.29, 1.82) is 0 Å². The average Bonchev–Trinajstić information content (AvgIpc) is 3.32. The molecule has 4 rings (SSSR count). The number of benzene rings is 1. The van der Waals surface area contributed by atoms with Crippen LogP contribution in [0.5, 0.6) is 5.75 Å². The molecule has 0 saturated carbocycles. The largest absolute Gasteiger partial charge is 0.486 e. The minimum Gasteiger partial charge on any atom is -0.486 e. The van der Waals surface area contributed by atoms with Crippen LogP contribution in [-0.4, -0.2) is 72.4 Å². The predicted octanol–water partition coefficient (Wildman–Crippen LogP) is 2.48. The van der Waals surface area contributed by atoms with Crippen molar-refractivity contribution in [3.8, 4) is 11.4 Å². The van der Waals surface area contributed by atoms with E-state index in [4.69, 9.17) is 9.47 Å². The van der Waals surface area contributed by atoms with Gasteiger partial charge in [0, 0.05) is 25.7 Å². The van der Waals surface area contributed by atoms with E-state index in [1.807, 2.05) is 52.0 Å². The van der Waals surface area contributed by atoms with Crippen molar-refractivity contribution in [2.24, 2.45) is 0 Å². The molecule has 0 unspecified atom stereocenters. The second-order valence-corrected chi connectivity index (χ2v) is 8.90. The Hall–Kier alpha value is -3.76. The van der Waals surface area contributed by atoms with Gasteiger partial charge in [0.1, 0.15) is 18.5 Å². The summed E-state index contributed by atoms with van der Waals surface area (Å²) in [4.78, 5) is 25.1. The van der Waals surface area contributed by atoms with Gasteiger partial charge in [-0.25, -0.2) is 19.4 Å². The summed E-state index contributed by atoms with van der Waals surface area (Å²) in [6.07, 6.45) is 4.60. The number of nitrogens with zero attached hydrogens (tertiary/aromatic N) is 8. The Balaban J connectivity index is 1.30. The van der Waals surface area contributed by atoms with Crippen molar-refractivity contribution in [2.45, 2.75) is 45.9 Å². The topological polar surface area (TPSA) is 111 Å². The van der Waals surface area contributed by atoms with Gasteiger partial charge in [-0.1, -0.05) is 12.1 Å². The zero-order chi connectivity index (χ0) is 23.4. The first-order valence-corrected chi connectivity index (χ1v) is 10.8. The molecule has 3 heterocycles. The Kier molecular flexibility index (Phi) is 6.38. The smallest absolute Gasteiger partial charge is 0.410 e. The van der Waals surface area contributed by atoms with E-state index in [0.29, 0.717) is 37.9 Å². The lowest BCUT2D eigenvalue weighted by molar-refractivity contribution is 0.0218. The van der Waals surface area contributed by atoms with Crippen LogP contribution in [0.25, 0.3) is 5.69 Å². The summed E-state index contributed by atoms with van der Waals surface area (Å²) >= 11 is 0. The summed E-state index contributed by atoms with van der Waals surface area (Å²) in [5.41, 5.74) is 1.37. The Labute approximate surface area is 192 Å². The Bertz CT molecular complexity index is 1050. The molecule has 0 bridgehead atoms. The first-order chi connectivity index (χ1) is 15.8. The highest BCUT2D eigenvalue weighted by Gasteiger charge is 2.30. The third-order valence-electron chi connectivity index (χ3n) is 5.11. The molecule has 33 heavy (non-hydrogen) atoms. The molecular weight excluding hydrogens is 424 g/mol. The molecule has 0 radical (unpaired) electrons. The van der Waals surface area contributed by atoms with Gasteiger partial charge in [-0.3, -0.25) is 0 Å². The zero-order valence-corrected chi connectivity index (χ0v) is 19.2. The molecule has 2 aromatic heterocycles. The summed E-state index contributed by atoms with van der Waals surface area (Å²) in [6.45, 7) is 9.79. The van der Waals surface area contributed by atoms with Crippen molar-refractivity contribution in [3.05, 3.63) is 48.5 Å². The highest BCUT2D eigenvalue weighted by atomic mass is 16.6. The molecule has 1 aromatic carbocycles. The van der Waals surface area contributed by atoms with E-state index in [0.717, 1.165) is 11.3 Å². The lowest BCUT2D eigenvalue weighted by Gasteiger charge is -2.40. The lowest BCUT2D eigenvalue weighted by Crippen LogP contribution is -2.55. The number of aromatic nitrogens is 6. The van der Waals surface area contributed by atoms with Crippen molar-refractivity contribution in [2.75, 3.05) is 24.5 Å². The van der Waals surface area contributed by atoms with Crippen LogP contribution in [0.15, 0.2) is 43.0 Å². The SMILES string of the molecule is C[C@@H]1CN(C(=O)OC(C)(C)C)CCN1c1ncc(OCc2ccc(-n3cnnn3)cc2)cn1. The van der Waals surface area contributed by atoms with Gasteiger partial charge < -0.3 is 19.3 Å². The van der Waals surface area contributed by atoms with E-state index in [9.17, 15) is 4.79 Å². The fourth-order valence-corrected chi connectivity index (χ4v) is 3.47. The molecule has 174 valence electrons. The predicted molar refractivity (Wildman–Crippen MR) is 120 cm³/mol. The van der Waals surface area contributed by atoms with Crippen LogP contribution in [-0.2, 0) is 11.3 Å². The highest BCUT2D eigenvalue weighted by molar-refractivity contribution is 5.68. The molecule has 3 aromatic rings. The van der Waals surface area contributed by atoms with Gasteiger partial charge in [-0.05, 0) is 55.8 Å². The maximum Gasteiger partial charge on any atom is 0.410 e. The van der Waals surface area contributed by atoms with Crippen molar-refractivity contribution in [3.63, 3.8) is 0 Å². The number of anilines is 1. The monoisotopic (exact) mass is 452 g/mol. The van der Waals surface area contributed by atoms with E-state index in [2.05, 4.69) is 30.4 Å². The van der Waals surface area contributed by atoms with Crippen molar-refractivity contribution < 1.29 is 14.3 Å². The van der Waals surface area contributed by atoms with Crippen molar-refractivity contribution >= 4 is 12.0 Å². The fourth-order valence-electron chi connectivity index (χ4n) is 3.47. The van der Waals surface area contributed by atoms with E-state index in [1.54, 1.807) is 28.3 Å². The van der Waals surface area contributed by atoms with Crippen LogP contribution < -0.4 is 9.64 Å². The van der Waals surface area contributed by atoms with E-state index in [1.165, 1.54) is 0 Å². The molecule has 1 aliphatic heterocycles. The number of amides is 1. The minimum absolute atomic E-state index is 0.0664. The highest BCUT2D eigenvalue weighted by Crippen LogP contribution is 2.20. The Morgan fingerprint density at radius 1 is 1.12 bits per heavy atom. The van der Waals surface area contributed by atoms with Crippen LogP contribution in [0.2, 0.25) is 0 Å². The number of rotatable bonds is 5. The van der Waals surface area contributed by atoms with Crippen LogP contribution in [0, 0.1) is 0 Å². The van der Waals surface area contributed by atoms with Gasteiger partial charge in [0.2, 0.25) is 5.95 Å². The third-order valence-corrected chi connectivity index (χ3v) is 5.11. The molecule has 1 atom stereocenters. The summed E-state index contributed by atoms with van der Waals surface area (Å²) in [5.74, 6) is 1.20. The molecule has 11 nitrogen and oxygen atoms in total. The van der Waals surface area contributed by atoms with Crippen LogP contribution in [0.1, 0.15) is 33.3 Å². The van der Waals surface area contributed by atoms with E-state index >= 15 is 0 Å². The molecule has 1 fully saturated rings. The van der Waals surface area contributed by atoms with Gasteiger partial charge in [-0.2, -0.15) is 0 Å². The summed E-state index contributed by atoms with van der Waals surface area (Å²) in [6, 6.07) is 7.83. The maximum atomic E-state index is 12.3. The van der Waals surface area contributed by atoms with Crippen molar-refractivity contribution in [1.82, 2.24) is 35.1 Å². The lowest BCUT2D eigenvalue weighted by atomic mass is 10.2. The number of piperazine rings is 1. The number of carbonyl (C=O) groups is 1. The summed E-state index contributed by atoms with van der Waals surface area (Å²) < 4.78 is 12.9. The van der Waals surface area contributed by atoms with Gasteiger partial charge in [0.15, 0.2) is 5.75 Å². The summed E-state index contributed by atoms with van der Waals surface area (Å²) in [5, 5.41) is 11.1. The van der Waals surface area contributed by atoms with Gasteiger partial charge in [0.05, 0.1) is 18.1 Å². The second-order valence-electron chi connectivity index (χ2n) is 8.90. The second kappa shape index (κ2) is 9.39. The van der Waals surface area contributed by atoms with Gasteiger partial charge >= 0.3 is 6.09 Å². The number of hydrogen-bond acceptors (Lipinski definition) is 9. The molecule has 1 amide bonds. The number of carbonyl (C=O) groups excluding carboxylic acids is 1. The van der Waals surface area contributed by atoms with E-state index in [-0.39, 0.29) is 12.1 Å². The molecule has 0 spiro atoms. The standard InChI is InChI=1S/C22H28N8O3/c1-16-13-28(21(31)33-22(2,3)4)9-10-29(16)20-23-11-19(12-24-20)32-14-17-5-7-18(8-6-17)30-15-25-26-27-30/h5-8,11-12,15-16H,9-10,13-14H2,1-4H3/t16-/m1/s1. The van der Waals surface area contributed by atoms with Crippen LogP contribution in [0.3, 0.4) is 0 Å². The third kappa shape index (κ3) is 5.73. The summed E-state index contributed by atoms with van der Waals surface area (Å²) in [7, 11) is 0. The number of tetrazole rings is 1. The Morgan fingerprint density at radius 3 is 2.45 bits per heavy atom. The quantitative estimate of drug-likeness (QED) is 0.576. The first-order valence-electron chi connectivity index (χ1n) is 10.8. The van der Waals surface area contributed by atoms with Gasteiger partial charge in [0.25, 0.3) is 0 Å². The maximum absolute atomic E-state index is 12.3. The van der Waals surface area contributed by atoms with Crippen LogP contribution >= 0.6 is 0 Å². The number of hydrogen-bond donors (Lipinski definition) is 0. The molecule has 1 aliphatic rings. The molecule has 1 saturated heterocycles. The van der Waals surface area contributed by atoms with Crippen LogP contribution in [0.4, 0.5) is 10.7 Å². The molecule has 0 aliphatic carbocycles. The zero-order valence-electron chi connectivity index (χ0n) is 19.2. The molecular formula is C22H28N8O3. The minimum atomic E-state index is -0.507. The average molecular weight is 453 g/mol. The number of ether oxygens (including phenoxy) is 2. The van der Waals surface area contributed by atoms with E-state index < -0.39 is 5.60 Å². The normalized spacial score (nSPS) is 16.5. The van der Waals surface area contributed by atoms with Gasteiger partial charge in [-0.15, -0.1) is 5.10 Å². The molecule has 0 N–H and O–H groups in total. The fraction of sp³-hybridized carbons (Fsp3) is 0.455. The Morgan fingerprint density at radius 2 is 1.85 bits per heavy atom. The first kappa shape index (κ1) is 22.4. The molecule has 11 heteroatoms.